The fraction of sp³-hybridized carbons (Fsp3) is 0.923. The van der Waals surface area contributed by atoms with Crippen molar-refractivity contribution >= 4 is 5.97 Å². The zero-order valence-corrected chi connectivity index (χ0v) is 10.8. The van der Waals surface area contributed by atoms with Gasteiger partial charge in [0.2, 0.25) is 0 Å². The number of hydrogen-bond donors (Lipinski definition) is 1. The first-order valence-electron chi connectivity index (χ1n) is 6.66. The van der Waals surface area contributed by atoms with Crippen LogP contribution in [-0.2, 0) is 9.53 Å². The van der Waals surface area contributed by atoms with Gasteiger partial charge in [-0.25, -0.2) is 0 Å². The lowest BCUT2D eigenvalue weighted by Crippen LogP contribution is -2.43. The Labute approximate surface area is 103 Å². The summed E-state index contributed by atoms with van der Waals surface area (Å²) in [4.78, 5) is 13.3. The van der Waals surface area contributed by atoms with Gasteiger partial charge in [0.05, 0.1) is 12.0 Å². The number of likely N-dealkylation sites (tertiary alicyclic amines) is 1. The third-order valence-electron chi connectivity index (χ3n) is 4.12. The molecule has 1 N–H and O–H groups in total. The lowest BCUT2D eigenvalue weighted by molar-refractivity contribution is -0.141. The Balaban J connectivity index is 1.88. The fourth-order valence-electron chi connectivity index (χ4n) is 2.93. The summed E-state index contributed by atoms with van der Waals surface area (Å²) >= 11 is 0. The van der Waals surface area contributed by atoms with Crippen molar-refractivity contribution in [1.82, 2.24) is 4.90 Å². The van der Waals surface area contributed by atoms with Gasteiger partial charge in [-0.1, -0.05) is 13.8 Å². The molecule has 0 radical (unpaired) electrons. The quantitative estimate of drug-likeness (QED) is 0.815. The zero-order chi connectivity index (χ0) is 12.4. The highest BCUT2D eigenvalue weighted by atomic mass is 16.5. The van der Waals surface area contributed by atoms with Crippen molar-refractivity contribution in [2.24, 2.45) is 11.8 Å². The Morgan fingerprint density at radius 1 is 1.41 bits per heavy atom. The summed E-state index contributed by atoms with van der Waals surface area (Å²) in [6.07, 6.45) is 3.26. The van der Waals surface area contributed by atoms with Gasteiger partial charge in [-0.05, 0) is 31.7 Å². The molecule has 2 aliphatic heterocycles. The van der Waals surface area contributed by atoms with Crippen molar-refractivity contribution in [2.45, 2.75) is 45.3 Å². The molecule has 17 heavy (non-hydrogen) atoms. The van der Waals surface area contributed by atoms with E-state index in [4.69, 9.17) is 9.84 Å². The van der Waals surface area contributed by atoms with E-state index in [1.54, 1.807) is 0 Å². The van der Waals surface area contributed by atoms with Gasteiger partial charge in [0.25, 0.3) is 0 Å². The highest BCUT2D eigenvalue weighted by Gasteiger charge is 2.35. The number of nitrogens with zero attached hydrogens (tertiary/aromatic N) is 1. The van der Waals surface area contributed by atoms with Gasteiger partial charge in [0.15, 0.2) is 0 Å². The van der Waals surface area contributed by atoms with Crippen LogP contribution >= 0.6 is 0 Å². The SMILES string of the molecule is CC(C)C1CC(N2CCC(C(=O)O)C2)CCO1. The third-order valence-corrected chi connectivity index (χ3v) is 4.12. The maximum absolute atomic E-state index is 11.0. The Morgan fingerprint density at radius 3 is 2.76 bits per heavy atom. The first-order chi connectivity index (χ1) is 8.08. The van der Waals surface area contributed by atoms with Crippen LogP contribution in [0.25, 0.3) is 0 Å². The van der Waals surface area contributed by atoms with E-state index < -0.39 is 5.97 Å². The summed E-state index contributed by atoms with van der Waals surface area (Å²) in [5, 5.41) is 9.02. The second-order valence-electron chi connectivity index (χ2n) is 5.65. The van der Waals surface area contributed by atoms with Gasteiger partial charge in [0, 0.05) is 19.2 Å². The van der Waals surface area contributed by atoms with E-state index >= 15 is 0 Å². The Bertz CT molecular complexity index is 280. The van der Waals surface area contributed by atoms with Crippen molar-refractivity contribution in [3.05, 3.63) is 0 Å². The maximum Gasteiger partial charge on any atom is 0.307 e. The monoisotopic (exact) mass is 241 g/mol. The Hall–Kier alpha value is -0.610. The minimum atomic E-state index is -0.639. The second kappa shape index (κ2) is 5.36. The second-order valence-corrected chi connectivity index (χ2v) is 5.65. The molecule has 2 fully saturated rings. The number of carboxylic acids is 1. The first kappa shape index (κ1) is 12.8. The van der Waals surface area contributed by atoms with Crippen LogP contribution < -0.4 is 0 Å². The molecule has 2 rings (SSSR count). The molecule has 0 aromatic heterocycles. The molecule has 0 aromatic carbocycles. The van der Waals surface area contributed by atoms with Gasteiger partial charge in [0.1, 0.15) is 0 Å². The van der Waals surface area contributed by atoms with Crippen LogP contribution in [0.5, 0.6) is 0 Å². The number of hydrogen-bond acceptors (Lipinski definition) is 3. The highest BCUT2D eigenvalue weighted by molar-refractivity contribution is 5.70. The lowest BCUT2D eigenvalue weighted by atomic mass is 9.94. The molecular weight excluding hydrogens is 218 g/mol. The van der Waals surface area contributed by atoms with E-state index in [0.717, 1.165) is 39.0 Å². The van der Waals surface area contributed by atoms with E-state index in [9.17, 15) is 4.79 Å². The summed E-state index contributed by atoms with van der Waals surface area (Å²) in [5.74, 6) is -0.244. The van der Waals surface area contributed by atoms with Crippen LogP contribution in [0.3, 0.4) is 0 Å². The molecule has 2 saturated heterocycles. The number of rotatable bonds is 3. The summed E-state index contributed by atoms with van der Waals surface area (Å²) in [6.45, 7) is 6.87. The molecule has 0 spiro atoms. The van der Waals surface area contributed by atoms with E-state index in [-0.39, 0.29) is 5.92 Å². The van der Waals surface area contributed by atoms with Gasteiger partial charge in [-0.2, -0.15) is 0 Å². The minimum Gasteiger partial charge on any atom is -0.481 e. The smallest absolute Gasteiger partial charge is 0.307 e. The van der Waals surface area contributed by atoms with E-state index in [0.29, 0.717) is 18.1 Å². The molecule has 0 saturated carbocycles. The van der Waals surface area contributed by atoms with Gasteiger partial charge < -0.3 is 9.84 Å². The molecule has 3 unspecified atom stereocenters. The highest BCUT2D eigenvalue weighted by Crippen LogP contribution is 2.28. The van der Waals surface area contributed by atoms with Gasteiger partial charge >= 0.3 is 5.97 Å². The third kappa shape index (κ3) is 2.99. The molecule has 0 aromatic rings. The molecule has 98 valence electrons. The van der Waals surface area contributed by atoms with Crippen molar-refractivity contribution in [3.8, 4) is 0 Å². The van der Waals surface area contributed by atoms with Crippen LogP contribution in [-0.4, -0.2) is 47.8 Å². The van der Waals surface area contributed by atoms with Crippen LogP contribution in [0.2, 0.25) is 0 Å². The molecule has 0 aliphatic carbocycles. The van der Waals surface area contributed by atoms with Crippen molar-refractivity contribution in [1.29, 1.82) is 0 Å². The number of carboxylic acid groups (broad SMARTS) is 1. The van der Waals surface area contributed by atoms with Crippen LogP contribution in [0, 0.1) is 11.8 Å². The Morgan fingerprint density at radius 2 is 2.18 bits per heavy atom. The summed E-state index contributed by atoms with van der Waals surface area (Å²) in [6, 6.07) is 0.528. The van der Waals surface area contributed by atoms with E-state index in [1.807, 2.05) is 0 Å². The maximum atomic E-state index is 11.0. The zero-order valence-electron chi connectivity index (χ0n) is 10.8. The van der Waals surface area contributed by atoms with E-state index in [2.05, 4.69) is 18.7 Å². The molecule has 0 amide bonds. The number of aliphatic carboxylic acids is 1. The van der Waals surface area contributed by atoms with Crippen molar-refractivity contribution < 1.29 is 14.6 Å². The molecule has 2 heterocycles. The average molecular weight is 241 g/mol. The molecule has 4 heteroatoms. The summed E-state index contributed by atoms with van der Waals surface area (Å²) in [7, 11) is 0. The molecule has 2 aliphatic rings. The largest absolute Gasteiger partial charge is 0.481 e. The summed E-state index contributed by atoms with van der Waals surface area (Å²) in [5.41, 5.74) is 0. The predicted molar refractivity (Wildman–Crippen MR) is 64.9 cm³/mol. The summed E-state index contributed by atoms with van der Waals surface area (Å²) < 4.78 is 5.76. The average Bonchev–Trinajstić information content (AvgIpc) is 2.78. The molecule has 0 bridgehead atoms. The molecule has 3 atom stereocenters. The number of ether oxygens (including phenoxy) is 1. The number of carbonyl (C=O) groups is 1. The van der Waals surface area contributed by atoms with Gasteiger partial charge in [-0.15, -0.1) is 0 Å². The normalized spacial score (nSPS) is 35.4. The standard InChI is InChI=1S/C13H23NO3/c1-9(2)12-7-11(4-6-17-12)14-5-3-10(8-14)13(15)16/h9-12H,3-8H2,1-2H3,(H,15,16). The van der Waals surface area contributed by atoms with Crippen LogP contribution in [0.15, 0.2) is 0 Å². The minimum absolute atomic E-state index is 0.157. The van der Waals surface area contributed by atoms with Crippen molar-refractivity contribution in [3.63, 3.8) is 0 Å². The van der Waals surface area contributed by atoms with Crippen LogP contribution in [0.1, 0.15) is 33.1 Å². The molecular formula is C13H23NO3. The topological polar surface area (TPSA) is 49.8 Å². The van der Waals surface area contributed by atoms with E-state index in [1.165, 1.54) is 0 Å². The van der Waals surface area contributed by atoms with Crippen molar-refractivity contribution in [2.75, 3.05) is 19.7 Å². The fourth-order valence-corrected chi connectivity index (χ4v) is 2.93. The van der Waals surface area contributed by atoms with Crippen LogP contribution in [0.4, 0.5) is 0 Å². The Kier molecular flexibility index (Phi) is 4.05. The first-order valence-corrected chi connectivity index (χ1v) is 6.66. The molecule has 4 nitrogen and oxygen atoms in total. The van der Waals surface area contributed by atoms with Gasteiger partial charge in [-0.3, -0.25) is 9.69 Å². The predicted octanol–water partition coefficient (Wildman–Crippen LogP) is 1.60. The lowest BCUT2D eigenvalue weighted by Gasteiger charge is -2.37.